The molecule has 190 valence electrons. The molecule has 9 heteroatoms. The first-order valence-corrected chi connectivity index (χ1v) is 13.3. The van der Waals surface area contributed by atoms with Crippen LogP contribution in [0.25, 0.3) is 10.9 Å². The number of carbonyl (C=O) groups is 1. The van der Waals surface area contributed by atoms with Crippen molar-refractivity contribution in [1.29, 1.82) is 0 Å². The van der Waals surface area contributed by atoms with Crippen LogP contribution in [0.3, 0.4) is 0 Å². The van der Waals surface area contributed by atoms with Crippen LogP contribution < -0.4 is 20.3 Å². The summed E-state index contributed by atoms with van der Waals surface area (Å²) in [5.74, 6) is 0.907. The summed E-state index contributed by atoms with van der Waals surface area (Å²) in [5, 5.41) is 4.00. The highest BCUT2D eigenvalue weighted by Crippen LogP contribution is 2.35. The fourth-order valence-corrected chi connectivity index (χ4v) is 5.33. The number of benzene rings is 3. The van der Waals surface area contributed by atoms with Crippen molar-refractivity contribution in [2.24, 2.45) is 0 Å². The molecule has 2 heterocycles. The van der Waals surface area contributed by atoms with Crippen molar-refractivity contribution in [3.63, 3.8) is 0 Å². The summed E-state index contributed by atoms with van der Waals surface area (Å²) in [6.07, 6.45) is 1.20. The quantitative estimate of drug-likeness (QED) is 0.225. The normalized spacial score (nSPS) is 13.1. The molecule has 1 aliphatic heterocycles. The van der Waals surface area contributed by atoms with E-state index in [9.17, 15) is 9.59 Å². The van der Waals surface area contributed by atoms with Gasteiger partial charge in [0.25, 0.3) is 5.56 Å². The minimum absolute atomic E-state index is 0.108. The first-order valence-electron chi connectivity index (χ1n) is 12.0. The Morgan fingerprint density at radius 1 is 1.14 bits per heavy atom. The molecule has 0 saturated carbocycles. The highest BCUT2D eigenvalue weighted by atomic mass is 35.5. The molecule has 0 radical (unpaired) electrons. The minimum atomic E-state index is -0.471. The third kappa shape index (κ3) is 5.45. The Hall–Kier alpha value is -3.49. The highest BCUT2D eigenvalue weighted by molar-refractivity contribution is 8.00. The predicted octanol–water partition coefficient (Wildman–Crippen LogP) is 5.84. The van der Waals surface area contributed by atoms with Crippen molar-refractivity contribution >= 4 is 45.9 Å². The van der Waals surface area contributed by atoms with Crippen molar-refractivity contribution in [3.8, 4) is 11.5 Å². The van der Waals surface area contributed by atoms with Gasteiger partial charge in [-0.3, -0.25) is 14.2 Å². The number of fused-ring (bicyclic) bond motifs is 2. The summed E-state index contributed by atoms with van der Waals surface area (Å²) in [6.45, 7) is 4.38. The van der Waals surface area contributed by atoms with Crippen LogP contribution in [0.1, 0.15) is 24.5 Å². The van der Waals surface area contributed by atoms with Gasteiger partial charge in [-0.05, 0) is 49.1 Å². The summed E-state index contributed by atoms with van der Waals surface area (Å²) in [6, 6.07) is 18.8. The van der Waals surface area contributed by atoms with Gasteiger partial charge >= 0.3 is 0 Å². The van der Waals surface area contributed by atoms with Crippen LogP contribution >= 0.6 is 23.4 Å². The summed E-state index contributed by atoms with van der Waals surface area (Å²) >= 11 is 7.52. The molecule has 1 atom stereocenters. The number of anilines is 1. The van der Waals surface area contributed by atoms with Crippen LogP contribution in [0, 0.1) is 6.92 Å². The molecule has 1 aromatic heterocycles. The van der Waals surface area contributed by atoms with Crippen LogP contribution in [0.2, 0.25) is 5.02 Å². The monoisotopic (exact) mass is 535 g/mol. The molecule has 0 saturated heterocycles. The fourth-order valence-electron chi connectivity index (χ4n) is 4.11. The number of rotatable bonds is 8. The van der Waals surface area contributed by atoms with Gasteiger partial charge in [0.05, 0.1) is 16.2 Å². The van der Waals surface area contributed by atoms with E-state index in [-0.39, 0.29) is 18.3 Å². The van der Waals surface area contributed by atoms with Crippen LogP contribution in [-0.2, 0) is 17.8 Å². The number of thioether (sulfide) groups is 1. The Kier molecular flexibility index (Phi) is 7.39. The molecular formula is C28H26ClN3O4S. The minimum Gasteiger partial charge on any atom is -0.454 e. The number of nitrogens with one attached hydrogen (secondary N) is 1. The van der Waals surface area contributed by atoms with Gasteiger partial charge in [0.1, 0.15) is 0 Å². The second-order valence-electron chi connectivity index (χ2n) is 8.78. The van der Waals surface area contributed by atoms with Gasteiger partial charge < -0.3 is 14.8 Å². The third-order valence-electron chi connectivity index (χ3n) is 6.23. The molecule has 1 N–H and O–H groups in total. The highest BCUT2D eigenvalue weighted by Gasteiger charge is 2.24. The topological polar surface area (TPSA) is 82.5 Å². The first kappa shape index (κ1) is 25.2. The van der Waals surface area contributed by atoms with Gasteiger partial charge in [-0.2, -0.15) is 0 Å². The Morgan fingerprint density at radius 2 is 1.89 bits per heavy atom. The van der Waals surface area contributed by atoms with E-state index in [0.717, 1.165) is 11.1 Å². The maximum absolute atomic E-state index is 13.7. The lowest BCUT2D eigenvalue weighted by atomic mass is 10.1. The molecule has 0 bridgehead atoms. The average molecular weight is 536 g/mol. The van der Waals surface area contributed by atoms with E-state index in [2.05, 4.69) is 5.32 Å². The lowest BCUT2D eigenvalue weighted by Gasteiger charge is -2.18. The molecule has 0 aliphatic carbocycles. The first-order chi connectivity index (χ1) is 17.9. The Balaban J connectivity index is 1.48. The van der Waals surface area contributed by atoms with Crippen molar-refractivity contribution in [1.82, 2.24) is 9.55 Å². The van der Waals surface area contributed by atoms with E-state index in [0.29, 0.717) is 57.7 Å². The second kappa shape index (κ2) is 10.9. The van der Waals surface area contributed by atoms with Crippen molar-refractivity contribution in [2.75, 3.05) is 12.1 Å². The average Bonchev–Trinajstić information content (AvgIpc) is 3.36. The molecule has 0 spiro atoms. The molecular weight excluding hydrogens is 510 g/mol. The molecule has 0 unspecified atom stereocenters. The van der Waals surface area contributed by atoms with E-state index in [1.54, 1.807) is 22.8 Å². The van der Waals surface area contributed by atoms with Crippen LogP contribution in [0.5, 0.6) is 11.5 Å². The van der Waals surface area contributed by atoms with Crippen LogP contribution in [-0.4, -0.2) is 27.5 Å². The zero-order chi connectivity index (χ0) is 25.9. The van der Waals surface area contributed by atoms with Gasteiger partial charge in [-0.25, -0.2) is 4.98 Å². The number of halogens is 1. The number of hydrogen-bond donors (Lipinski definition) is 1. The summed E-state index contributed by atoms with van der Waals surface area (Å²) in [5.41, 5.74) is 3.00. The van der Waals surface area contributed by atoms with Gasteiger partial charge in [0, 0.05) is 23.3 Å². The molecule has 1 amide bonds. The van der Waals surface area contributed by atoms with Crippen LogP contribution in [0.4, 0.5) is 5.69 Å². The molecule has 4 aromatic rings. The van der Waals surface area contributed by atoms with Crippen molar-refractivity contribution < 1.29 is 14.3 Å². The predicted molar refractivity (Wildman–Crippen MR) is 147 cm³/mol. The number of amides is 1. The number of ether oxygens (including phenoxy) is 2. The maximum atomic E-state index is 13.7. The number of aryl methyl sites for hydroxylation is 2. The number of nitrogens with zero attached hydrogens (tertiary/aromatic N) is 2. The standard InChI is InChI=1S/C28H26ClN3O4S/c1-3-25(26(33)30-19-10-9-17(2)21(29)13-19)37-28-31-22-15-24-23(35-16-36-24)14-20(22)27(34)32(28)12-11-18-7-5-4-6-8-18/h4-10,13-15,25H,3,11-12,16H2,1-2H3,(H,30,33)/t25-/m0/s1. The Labute approximate surface area is 223 Å². The molecule has 7 nitrogen and oxygen atoms in total. The lowest BCUT2D eigenvalue weighted by Crippen LogP contribution is -2.28. The van der Waals surface area contributed by atoms with Crippen LogP contribution in [0.15, 0.2) is 70.6 Å². The lowest BCUT2D eigenvalue weighted by molar-refractivity contribution is -0.115. The van der Waals surface area contributed by atoms with E-state index in [1.807, 2.05) is 56.3 Å². The Bertz CT molecular complexity index is 1520. The summed E-state index contributed by atoms with van der Waals surface area (Å²) < 4.78 is 12.6. The molecule has 3 aromatic carbocycles. The zero-order valence-corrected chi connectivity index (χ0v) is 22.1. The maximum Gasteiger partial charge on any atom is 0.262 e. The molecule has 1 aliphatic rings. The summed E-state index contributed by atoms with van der Waals surface area (Å²) in [4.78, 5) is 31.7. The zero-order valence-electron chi connectivity index (χ0n) is 20.5. The van der Waals surface area contributed by atoms with Gasteiger partial charge in [-0.15, -0.1) is 0 Å². The second-order valence-corrected chi connectivity index (χ2v) is 10.4. The number of hydrogen-bond acceptors (Lipinski definition) is 6. The van der Waals surface area contributed by atoms with Crippen molar-refractivity contribution in [3.05, 3.63) is 87.2 Å². The van der Waals surface area contributed by atoms with E-state index >= 15 is 0 Å². The molecule has 5 rings (SSSR count). The Morgan fingerprint density at radius 3 is 2.62 bits per heavy atom. The van der Waals surface area contributed by atoms with Crippen molar-refractivity contribution in [2.45, 2.75) is 43.6 Å². The van der Waals surface area contributed by atoms with E-state index < -0.39 is 5.25 Å². The van der Waals surface area contributed by atoms with Gasteiger partial charge in [0.2, 0.25) is 12.7 Å². The van der Waals surface area contributed by atoms with Gasteiger partial charge in [-0.1, -0.05) is 66.7 Å². The summed E-state index contributed by atoms with van der Waals surface area (Å²) in [7, 11) is 0. The molecule has 37 heavy (non-hydrogen) atoms. The van der Waals surface area contributed by atoms with E-state index in [1.165, 1.54) is 11.8 Å². The smallest absolute Gasteiger partial charge is 0.262 e. The largest absolute Gasteiger partial charge is 0.454 e. The third-order valence-corrected chi connectivity index (χ3v) is 7.99. The molecule has 0 fully saturated rings. The SMILES string of the molecule is CC[C@H](Sc1nc2cc3c(cc2c(=O)n1CCc1ccccc1)OCO3)C(=O)Nc1ccc(C)c(Cl)c1. The van der Waals surface area contributed by atoms with Gasteiger partial charge in [0.15, 0.2) is 16.7 Å². The fraction of sp³-hybridized carbons (Fsp3) is 0.250. The number of aromatic nitrogens is 2. The number of carbonyl (C=O) groups excluding carboxylic acids is 1. The van der Waals surface area contributed by atoms with E-state index in [4.69, 9.17) is 26.1 Å².